The van der Waals surface area contributed by atoms with Crippen molar-refractivity contribution in [2.45, 2.75) is 32.3 Å². The minimum atomic E-state index is -0.577. The van der Waals surface area contributed by atoms with Gasteiger partial charge in [0.1, 0.15) is 16.9 Å². The minimum Gasteiger partial charge on any atom is -0.443 e. The van der Waals surface area contributed by atoms with Crippen molar-refractivity contribution in [2.24, 2.45) is 0 Å². The van der Waals surface area contributed by atoms with E-state index >= 15 is 0 Å². The van der Waals surface area contributed by atoms with Gasteiger partial charge in [-0.1, -0.05) is 0 Å². The van der Waals surface area contributed by atoms with Crippen LogP contribution in [0.4, 0.5) is 4.79 Å². The van der Waals surface area contributed by atoms with Crippen LogP contribution in [0, 0.1) is 0 Å². The summed E-state index contributed by atoms with van der Waals surface area (Å²) in [5, 5.41) is 0. The van der Waals surface area contributed by atoms with Gasteiger partial charge in [0.15, 0.2) is 5.65 Å². The van der Waals surface area contributed by atoms with Crippen LogP contribution >= 0.6 is 11.6 Å². The summed E-state index contributed by atoms with van der Waals surface area (Å²) in [4.78, 5) is 20.5. The van der Waals surface area contributed by atoms with Gasteiger partial charge in [-0.3, -0.25) is 0 Å². The molecular formula is C12H14ClN3O2. The second kappa shape index (κ2) is 4.57. The second-order valence-corrected chi connectivity index (χ2v) is 5.09. The van der Waals surface area contributed by atoms with Gasteiger partial charge in [-0.25, -0.2) is 19.3 Å². The Morgan fingerprint density at radius 1 is 1.50 bits per heavy atom. The lowest BCUT2D eigenvalue weighted by Gasteiger charge is -2.19. The van der Waals surface area contributed by atoms with Gasteiger partial charge in [-0.2, -0.15) is 0 Å². The molecule has 5 nitrogen and oxygen atoms in total. The first-order chi connectivity index (χ1) is 8.42. The standard InChI is InChI=1S/C12H14ClN3O2/c1-12(2,3)18-11(17)16-9(7-13)15-8-5-4-6-14-10(8)16/h4-6H,7H2,1-3H3. The van der Waals surface area contributed by atoms with Gasteiger partial charge < -0.3 is 4.74 Å². The number of hydrogen-bond acceptors (Lipinski definition) is 4. The van der Waals surface area contributed by atoms with Crippen molar-refractivity contribution in [3.63, 3.8) is 0 Å². The fourth-order valence-corrected chi connectivity index (χ4v) is 1.73. The van der Waals surface area contributed by atoms with Crippen LogP contribution in [0.3, 0.4) is 0 Å². The Bertz CT molecular complexity index is 587. The van der Waals surface area contributed by atoms with Crippen LogP contribution in [-0.2, 0) is 10.6 Å². The van der Waals surface area contributed by atoms with Crippen LogP contribution in [-0.4, -0.2) is 26.2 Å². The van der Waals surface area contributed by atoms with E-state index in [-0.39, 0.29) is 5.88 Å². The molecule has 6 heteroatoms. The zero-order chi connectivity index (χ0) is 13.3. The van der Waals surface area contributed by atoms with E-state index in [2.05, 4.69) is 9.97 Å². The van der Waals surface area contributed by atoms with E-state index in [1.54, 1.807) is 39.1 Å². The highest BCUT2D eigenvalue weighted by molar-refractivity contribution is 6.17. The third-order valence-electron chi connectivity index (χ3n) is 2.18. The normalized spacial score (nSPS) is 11.8. The summed E-state index contributed by atoms with van der Waals surface area (Å²) < 4.78 is 6.63. The Balaban J connectivity index is 2.51. The first-order valence-corrected chi connectivity index (χ1v) is 6.07. The van der Waals surface area contributed by atoms with Crippen LogP contribution in [0.25, 0.3) is 11.2 Å². The van der Waals surface area contributed by atoms with E-state index in [0.717, 1.165) is 0 Å². The van der Waals surface area contributed by atoms with Gasteiger partial charge in [-0.15, -0.1) is 11.6 Å². The molecule has 0 bridgehead atoms. The number of carbonyl (C=O) groups is 1. The van der Waals surface area contributed by atoms with Crippen molar-refractivity contribution in [3.05, 3.63) is 24.2 Å². The number of nitrogens with zero attached hydrogens (tertiary/aromatic N) is 3. The highest BCUT2D eigenvalue weighted by Crippen LogP contribution is 2.18. The summed E-state index contributed by atoms with van der Waals surface area (Å²) in [5.74, 6) is 0.551. The maximum Gasteiger partial charge on any atom is 0.421 e. The second-order valence-electron chi connectivity index (χ2n) is 4.82. The van der Waals surface area contributed by atoms with Crippen molar-refractivity contribution in [2.75, 3.05) is 0 Å². The molecule has 0 saturated carbocycles. The fourth-order valence-electron chi connectivity index (χ4n) is 1.55. The largest absolute Gasteiger partial charge is 0.443 e. The van der Waals surface area contributed by atoms with E-state index < -0.39 is 11.7 Å². The van der Waals surface area contributed by atoms with Crippen LogP contribution in [0.5, 0.6) is 0 Å². The highest BCUT2D eigenvalue weighted by Gasteiger charge is 2.23. The number of carbonyl (C=O) groups excluding carboxylic acids is 1. The third kappa shape index (κ3) is 2.46. The van der Waals surface area contributed by atoms with Gasteiger partial charge >= 0.3 is 6.09 Å². The minimum absolute atomic E-state index is 0.121. The van der Waals surface area contributed by atoms with Crippen molar-refractivity contribution >= 4 is 28.9 Å². The fraction of sp³-hybridized carbons (Fsp3) is 0.417. The quantitative estimate of drug-likeness (QED) is 0.746. The van der Waals surface area contributed by atoms with Crippen molar-refractivity contribution in [1.82, 2.24) is 14.5 Å². The van der Waals surface area contributed by atoms with E-state index in [1.165, 1.54) is 4.57 Å². The Hall–Kier alpha value is -1.62. The molecule has 96 valence electrons. The molecule has 2 rings (SSSR count). The Morgan fingerprint density at radius 2 is 2.22 bits per heavy atom. The summed E-state index contributed by atoms with van der Waals surface area (Å²) in [6, 6.07) is 3.53. The van der Waals surface area contributed by atoms with Crippen molar-refractivity contribution in [1.29, 1.82) is 0 Å². The zero-order valence-electron chi connectivity index (χ0n) is 10.5. The molecule has 0 unspecified atom stereocenters. The topological polar surface area (TPSA) is 57.0 Å². The van der Waals surface area contributed by atoms with Crippen LogP contribution < -0.4 is 0 Å². The smallest absolute Gasteiger partial charge is 0.421 e. The molecule has 0 spiro atoms. The number of halogens is 1. The van der Waals surface area contributed by atoms with Crippen molar-refractivity contribution < 1.29 is 9.53 Å². The van der Waals surface area contributed by atoms with E-state index in [4.69, 9.17) is 16.3 Å². The number of aromatic nitrogens is 3. The molecule has 2 aromatic heterocycles. The summed E-state index contributed by atoms with van der Waals surface area (Å²) in [6.45, 7) is 5.41. The Labute approximate surface area is 110 Å². The summed E-state index contributed by atoms with van der Waals surface area (Å²) >= 11 is 5.80. The number of fused-ring (bicyclic) bond motifs is 1. The molecule has 0 saturated heterocycles. The van der Waals surface area contributed by atoms with Gasteiger partial charge in [0.25, 0.3) is 0 Å². The number of hydrogen-bond donors (Lipinski definition) is 0. The van der Waals surface area contributed by atoms with E-state index in [0.29, 0.717) is 17.0 Å². The molecule has 0 atom stereocenters. The summed E-state index contributed by atoms with van der Waals surface area (Å²) in [5.41, 5.74) is 0.507. The molecule has 0 amide bonds. The first-order valence-electron chi connectivity index (χ1n) is 5.54. The van der Waals surface area contributed by atoms with Crippen LogP contribution in [0.2, 0.25) is 0 Å². The highest BCUT2D eigenvalue weighted by atomic mass is 35.5. The van der Waals surface area contributed by atoms with Gasteiger partial charge in [0, 0.05) is 6.20 Å². The molecule has 0 aliphatic carbocycles. The summed E-state index contributed by atoms with van der Waals surface area (Å²) in [6.07, 6.45) is 1.09. The number of rotatable bonds is 1. The molecule has 0 radical (unpaired) electrons. The molecular weight excluding hydrogens is 254 g/mol. The molecule has 0 fully saturated rings. The zero-order valence-corrected chi connectivity index (χ0v) is 11.2. The maximum absolute atomic E-state index is 12.1. The van der Waals surface area contributed by atoms with Crippen LogP contribution in [0.1, 0.15) is 26.6 Å². The number of imidazole rings is 1. The first kappa shape index (κ1) is 12.8. The summed E-state index contributed by atoms with van der Waals surface area (Å²) in [7, 11) is 0. The average Bonchev–Trinajstić information content (AvgIpc) is 2.64. The molecule has 0 aliphatic heterocycles. The SMILES string of the molecule is CC(C)(C)OC(=O)n1c(CCl)nc2cccnc21. The molecule has 0 aromatic carbocycles. The number of pyridine rings is 1. The maximum atomic E-state index is 12.1. The molecule has 0 N–H and O–H groups in total. The molecule has 18 heavy (non-hydrogen) atoms. The number of alkyl halides is 1. The predicted molar refractivity (Wildman–Crippen MR) is 68.7 cm³/mol. The van der Waals surface area contributed by atoms with Gasteiger partial charge in [0.2, 0.25) is 0 Å². The molecule has 0 aliphatic rings. The molecule has 2 aromatic rings. The predicted octanol–water partition coefficient (Wildman–Crippen LogP) is 2.95. The average molecular weight is 268 g/mol. The lowest BCUT2D eigenvalue weighted by atomic mass is 10.2. The van der Waals surface area contributed by atoms with Gasteiger partial charge in [0.05, 0.1) is 5.88 Å². The monoisotopic (exact) mass is 267 g/mol. The Morgan fingerprint density at radius 3 is 2.83 bits per heavy atom. The van der Waals surface area contributed by atoms with Crippen LogP contribution in [0.15, 0.2) is 18.3 Å². The van der Waals surface area contributed by atoms with E-state index in [1.807, 2.05) is 0 Å². The number of ether oxygens (including phenoxy) is 1. The lowest BCUT2D eigenvalue weighted by Crippen LogP contribution is -2.28. The molecule has 2 heterocycles. The lowest BCUT2D eigenvalue weighted by molar-refractivity contribution is 0.0539. The van der Waals surface area contributed by atoms with Gasteiger partial charge in [-0.05, 0) is 32.9 Å². The third-order valence-corrected chi connectivity index (χ3v) is 2.42. The Kier molecular flexibility index (Phi) is 3.26. The van der Waals surface area contributed by atoms with Crippen molar-refractivity contribution in [3.8, 4) is 0 Å². The van der Waals surface area contributed by atoms with E-state index in [9.17, 15) is 4.79 Å².